The second kappa shape index (κ2) is 8.77. The molecule has 0 saturated carbocycles. The van der Waals surface area contributed by atoms with Gasteiger partial charge in [-0.05, 0) is 43.0 Å². The van der Waals surface area contributed by atoms with Crippen molar-refractivity contribution in [1.29, 1.82) is 0 Å². The number of fused-ring (bicyclic) bond motifs is 1. The maximum absolute atomic E-state index is 14.0. The van der Waals surface area contributed by atoms with Gasteiger partial charge in [0, 0.05) is 36.0 Å². The van der Waals surface area contributed by atoms with Gasteiger partial charge in [0.2, 0.25) is 0 Å². The quantitative estimate of drug-likeness (QED) is 0.749. The van der Waals surface area contributed by atoms with Crippen molar-refractivity contribution in [3.63, 3.8) is 0 Å². The number of piperidine rings is 1. The second-order valence-electron chi connectivity index (χ2n) is 7.14. The fourth-order valence-corrected chi connectivity index (χ4v) is 4.86. The van der Waals surface area contributed by atoms with Gasteiger partial charge in [-0.25, -0.2) is 4.39 Å². The minimum absolute atomic E-state index is 0.184. The number of likely N-dealkylation sites (tertiary alicyclic amines) is 1. The molecule has 0 radical (unpaired) electrons. The summed E-state index contributed by atoms with van der Waals surface area (Å²) >= 11 is 1.45. The summed E-state index contributed by atoms with van der Waals surface area (Å²) in [6, 6.07) is 8.37. The van der Waals surface area contributed by atoms with Crippen LogP contribution in [0.25, 0.3) is 0 Å². The molecule has 1 aromatic heterocycles. The van der Waals surface area contributed by atoms with Gasteiger partial charge in [-0.3, -0.25) is 9.59 Å². The molecule has 4 rings (SSSR count). The molecule has 0 spiro atoms. The van der Waals surface area contributed by atoms with Gasteiger partial charge >= 0.3 is 11.8 Å². The van der Waals surface area contributed by atoms with Crippen LogP contribution in [-0.4, -0.2) is 51.8 Å². The highest BCUT2D eigenvalue weighted by molar-refractivity contribution is 7.99. The Morgan fingerprint density at radius 2 is 1.97 bits per heavy atom. The number of benzene rings is 1. The number of carbonyl (C=O) groups excluding carboxylic acids is 2. The van der Waals surface area contributed by atoms with Crippen molar-refractivity contribution in [3.8, 4) is 0 Å². The largest absolute Gasteiger partial charge is 0.366 e. The lowest BCUT2D eigenvalue weighted by Crippen LogP contribution is -2.49. The van der Waals surface area contributed by atoms with Gasteiger partial charge in [0.25, 0.3) is 0 Å². The topological polar surface area (TPSA) is 87.2 Å². The number of hydrogen-bond acceptors (Lipinski definition) is 6. The molecule has 1 atom stereocenters. The van der Waals surface area contributed by atoms with Crippen molar-refractivity contribution in [3.05, 3.63) is 47.9 Å². The highest BCUT2D eigenvalue weighted by Crippen LogP contribution is 2.37. The first kappa shape index (κ1) is 19.6. The van der Waals surface area contributed by atoms with E-state index < -0.39 is 11.8 Å². The van der Waals surface area contributed by atoms with Crippen LogP contribution in [0.3, 0.4) is 0 Å². The van der Waals surface area contributed by atoms with Crippen molar-refractivity contribution in [1.82, 2.24) is 20.4 Å². The van der Waals surface area contributed by atoms with E-state index >= 15 is 0 Å². The third kappa shape index (κ3) is 4.50. The van der Waals surface area contributed by atoms with Crippen LogP contribution >= 0.6 is 11.8 Å². The summed E-state index contributed by atoms with van der Waals surface area (Å²) in [5.74, 6) is -0.0323. The Hall–Kier alpha value is -2.68. The second-order valence-corrected chi connectivity index (χ2v) is 8.25. The molecule has 2 aromatic rings. The lowest BCUT2D eigenvalue weighted by atomic mass is 10.0. The first-order valence-electron chi connectivity index (χ1n) is 9.67. The lowest BCUT2D eigenvalue weighted by molar-refractivity contribution is -0.146. The number of nitrogens with zero attached hydrogens (tertiary/aromatic N) is 3. The number of rotatable bonds is 3. The highest BCUT2D eigenvalue weighted by atomic mass is 32.2. The first-order valence-corrected chi connectivity index (χ1v) is 10.7. The van der Waals surface area contributed by atoms with E-state index in [1.807, 2.05) is 18.2 Å². The molecule has 2 amide bonds. The summed E-state index contributed by atoms with van der Waals surface area (Å²) < 4.78 is 14.0. The Balaban J connectivity index is 1.32. The van der Waals surface area contributed by atoms with Crippen LogP contribution in [0.15, 0.2) is 41.4 Å². The smallest absolute Gasteiger partial charge is 0.311 e. The molecule has 3 heterocycles. The Labute approximate surface area is 172 Å². The monoisotopic (exact) mass is 415 g/mol. The molecular weight excluding hydrogens is 393 g/mol. The van der Waals surface area contributed by atoms with Gasteiger partial charge in [-0.1, -0.05) is 12.1 Å². The Kier molecular flexibility index (Phi) is 5.94. The minimum Gasteiger partial charge on any atom is -0.366 e. The van der Waals surface area contributed by atoms with Gasteiger partial charge in [0.05, 0.1) is 6.04 Å². The van der Waals surface area contributed by atoms with E-state index in [1.54, 1.807) is 17.2 Å². The van der Waals surface area contributed by atoms with Crippen molar-refractivity contribution >= 4 is 29.4 Å². The zero-order chi connectivity index (χ0) is 20.2. The number of halogens is 1. The average molecular weight is 415 g/mol. The van der Waals surface area contributed by atoms with Crippen molar-refractivity contribution in [2.45, 2.75) is 36.2 Å². The molecule has 9 heteroatoms. The standard InChI is InChI=1S/C20H22FN5O2S/c21-15-4-1-3-14-16(8-12-29-18(14)15)24-19(27)20(28)26-10-6-13(7-11-26)23-17-5-2-9-22-25-17/h1-5,9,13,16H,6-8,10-12H2,(H,23,25)(H,24,27). The maximum atomic E-state index is 14.0. The molecule has 2 aliphatic heterocycles. The number of hydrogen-bond donors (Lipinski definition) is 2. The summed E-state index contributed by atoms with van der Waals surface area (Å²) in [6.07, 6.45) is 3.74. The number of carbonyl (C=O) groups is 2. The Morgan fingerprint density at radius 1 is 1.14 bits per heavy atom. The summed E-state index contributed by atoms with van der Waals surface area (Å²) in [5, 5.41) is 14.0. The van der Waals surface area contributed by atoms with Gasteiger partial charge < -0.3 is 15.5 Å². The zero-order valence-corrected chi connectivity index (χ0v) is 16.6. The van der Waals surface area contributed by atoms with E-state index in [-0.39, 0.29) is 17.9 Å². The van der Waals surface area contributed by atoms with Gasteiger partial charge in [0.15, 0.2) is 0 Å². The molecule has 1 aromatic carbocycles. The summed E-state index contributed by atoms with van der Waals surface area (Å²) in [7, 11) is 0. The van der Waals surface area contributed by atoms with E-state index in [4.69, 9.17) is 0 Å². The van der Waals surface area contributed by atoms with Gasteiger partial charge in [-0.2, -0.15) is 5.10 Å². The van der Waals surface area contributed by atoms with E-state index in [9.17, 15) is 14.0 Å². The molecule has 1 fully saturated rings. The van der Waals surface area contributed by atoms with Crippen LogP contribution < -0.4 is 10.6 Å². The van der Waals surface area contributed by atoms with Crippen LogP contribution in [0.1, 0.15) is 30.9 Å². The molecule has 0 aliphatic carbocycles. The van der Waals surface area contributed by atoms with Crippen LogP contribution in [0, 0.1) is 5.82 Å². The lowest BCUT2D eigenvalue weighted by Gasteiger charge is -2.33. The predicted octanol–water partition coefficient (Wildman–Crippen LogP) is 2.37. The van der Waals surface area contributed by atoms with Crippen LogP contribution in [0.2, 0.25) is 0 Å². The van der Waals surface area contributed by atoms with E-state index in [0.717, 1.165) is 18.4 Å². The number of thioether (sulfide) groups is 1. The molecule has 2 N–H and O–H groups in total. The summed E-state index contributed by atoms with van der Waals surface area (Å²) in [5.41, 5.74) is 0.745. The van der Waals surface area contributed by atoms with Crippen LogP contribution in [-0.2, 0) is 9.59 Å². The first-order chi connectivity index (χ1) is 14.1. The zero-order valence-electron chi connectivity index (χ0n) is 15.8. The molecule has 152 valence electrons. The normalized spacial score (nSPS) is 19.3. The number of nitrogens with one attached hydrogen (secondary N) is 2. The number of aromatic nitrogens is 2. The Bertz CT molecular complexity index is 890. The van der Waals surface area contributed by atoms with E-state index in [1.165, 1.54) is 17.8 Å². The van der Waals surface area contributed by atoms with Crippen LogP contribution in [0.4, 0.5) is 10.2 Å². The van der Waals surface area contributed by atoms with Gasteiger partial charge in [-0.15, -0.1) is 16.9 Å². The van der Waals surface area contributed by atoms with Gasteiger partial charge in [0.1, 0.15) is 11.6 Å². The molecule has 1 saturated heterocycles. The minimum atomic E-state index is -0.627. The van der Waals surface area contributed by atoms with Crippen LogP contribution in [0.5, 0.6) is 0 Å². The SMILES string of the molecule is O=C(NC1CCSc2c(F)cccc21)C(=O)N1CCC(Nc2cccnn2)CC1. The molecule has 1 unspecified atom stereocenters. The molecule has 2 aliphatic rings. The molecule has 7 nitrogen and oxygen atoms in total. The van der Waals surface area contributed by atoms with E-state index in [2.05, 4.69) is 20.8 Å². The summed E-state index contributed by atoms with van der Waals surface area (Å²) in [4.78, 5) is 27.3. The fraction of sp³-hybridized carbons (Fsp3) is 0.400. The van der Waals surface area contributed by atoms with Crippen molar-refractivity contribution in [2.75, 3.05) is 24.2 Å². The van der Waals surface area contributed by atoms with E-state index in [0.29, 0.717) is 36.0 Å². The number of amides is 2. The third-order valence-corrected chi connectivity index (χ3v) is 6.39. The average Bonchev–Trinajstić information content (AvgIpc) is 2.75. The molecule has 29 heavy (non-hydrogen) atoms. The molecule has 0 bridgehead atoms. The predicted molar refractivity (Wildman–Crippen MR) is 108 cm³/mol. The maximum Gasteiger partial charge on any atom is 0.311 e. The number of anilines is 1. The van der Waals surface area contributed by atoms with Crippen molar-refractivity contribution in [2.24, 2.45) is 0 Å². The third-order valence-electron chi connectivity index (χ3n) is 5.23. The Morgan fingerprint density at radius 3 is 2.72 bits per heavy atom. The summed E-state index contributed by atoms with van der Waals surface area (Å²) in [6.45, 7) is 0.992. The van der Waals surface area contributed by atoms with Crippen molar-refractivity contribution < 1.29 is 14.0 Å². The molecular formula is C20H22FN5O2S. The highest BCUT2D eigenvalue weighted by Gasteiger charge is 2.30. The fourth-order valence-electron chi connectivity index (χ4n) is 3.71.